The topological polar surface area (TPSA) is 35.2 Å². The lowest BCUT2D eigenvalue weighted by atomic mass is 9.82. The maximum atomic E-state index is 6.04. The Morgan fingerprint density at radius 2 is 1.89 bits per heavy atom. The summed E-state index contributed by atoms with van der Waals surface area (Å²) in [6.45, 7) is 5.27. The smallest absolute Gasteiger partial charge is 0.0740 e. The number of hydrogen-bond donors (Lipinski definition) is 1. The highest BCUT2D eigenvalue weighted by Crippen LogP contribution is 2.31. The molecule has 2 unspecified atom stereocenters. The van der Waals surface area contributed by atoms with Crippen LogP contribution in [0.25, 0.3) is 0 Å². The Labute approximate surface area is 118 Å². The molecule has 2 atom stereocenters. The average molecular weight is 312 g/mol. The van der Waals surface area contributed by atoms with Gasteiger partial charge in [-0.2, -0.15) is 0 Å². The van der Waals surface area contributed by atoms with E-state index >= 15 is 0 Å². The van der Waals surface area contributed by atoms with Crippen molar-refractivity contribution in [3.8, 4) is 0 Å². The SMILES string of the molecule is CC1CC(C)CC(OCc2ccc(Br)cc2N)C1. The zero-order valence-corrected chi connectivity index (χ0v) is 12.7. The van der Waals surface area contributed by atoms with Gasteiger partial charge >= 0.3 is 0 Å². The fourth-order valence-electron chi connectivity index (χ4n) is 2.91. The molecule has 2 nitrogen and oxygen atoms in total. The standard InChI is InChI=1S/C15H22BrNO/c1-10-5-11(2)7-14(6-10)18-9-12-3-4-13(16)8-15(12)17/h3-4,8,10-11,14H,5-7,9,17H2,1-2H3. The van der Waals surface area contributed by atoms with Crippen LogP contribution < -0.4 is 5.73 Å². The fraction of sp³-hybridized carbons (Fsp3) is 0.600. The maximum Gasteiger partial charge on any atom is 0.0740 e. The van der Waals surface area contributed by atoms with E-state index in [1.165, 1.54) is 19.3 Å². The molecule has 0 radical (unpaired) electrons. The molecule has 1 fully saturated rings. The molecule has 1 aliphatic rings. The van der Waals surface area contributed by atoms with Crippen molar-refractivity contribution in [1.82, 2.24) is 0 Å². The predicted molar refractivity (Wildman–Crippen MR) is 79.3 cm³/mol. The minimum absolute atomic E-state index is 0.395. The van der Waals surface area contributed by atoms with Gasteiger partial charge in [-0.3, -0.25) is 0 Å². The molecule has 1 aromatic rings. The Kier molecular flexibility index (Phi) is 4.68. The van der Waals surface area contributed by atoms with Crippen molar-refractivity contribution in [2.75, 3.05) is 5.73 Å². The van der Waals surface area contributed by atoms with Gasteiger partial charge in [0.05, 0.1) is 12.7 Å². The summed E-state index contributed by atoms with van der Waals surface area (Å²) < 4.78 is 7.05. The normalized spacial score (nSPS) is 28.3. The van der Waals surface area contributed by atoms with E-state index in [0.29, 0.717) is 12.7 Å². The summed E-state index contributed by atoms with van der Waals surface area (Å²) in [6.07, 6.45) is 4.09. The van der Waals surface area contributed by atoms with Crippen molar-refractivity contribution in [2.45, 2.75) is 45.8 Å². The summed E-state index contributed by atoms with van der Waals surface area (Å²) >= 11 is 3.42. The Hall–Kier alpha value is -0.540. The van der Waals surface area contributed by atoms with Crippen molar-refractivity contribution < 1.29 is 4.74 Å². The molecular formula is C15H22BrNO. The first-order valence-corrected chi connectivity index (χ1v) is 7.49. The van der Waals surface area contributed by atoms with Crippen LogP contribution in [0.3, 0.4) is 0 Å². The molecule has 18 heavy (non-hydrogen) atoms. The van der Waals surface area contributed by atoms with Crippen LogP contribution in [0.2, 0.25) is 0 Å². The van der Waals surface area contributed by atoms with Gasteiger partial charge in [-0.25, -0.2) is 0 Å². The molecule has 0 amide bonds. The van der Waals surface area contributed by atoms with Crippen LogP contribution in [0, 0.1) is 11.8 Å². The Morgan fingerprint density at radius 1 is 1.22 bits per heavy atom. The number of ether oxygens (including phenoxy) is 1. The number of anilines is 1. The first-order valence-electron chi connectivity index (χ1n) is 6.70. The van der Waals surface area contributed by atoms with Crippen LogP contribution >= 0.6 is 15.9 Å². The van der Waals surface area contributed by atoms with Crippen LogP contribution in [0.5, 0.6) is 0 Å². The number of nitrogen functional groups attached to an aromatic ring is 1. The highest BCUT2D eigenvalue weighted by atomic mass is 79.9. The van der Waals surface area contributed by atoms with E-state index in [2.05, 4.69) is 29.8 Å². The minimum Gasteiger partial charge on any atom is -0.398 e. The third kappa shape index (κ3) is 3.72. The molecule has 1 saturated carbocycles. The molecule has 0 aromatic heterocycles. The fourth-order valence-corrected chi connectivity index (χ4v) is 3.29. The van der Waals surface area contributed by atoms with Gasteiger partial charge < -0.3 is 10.5 Å². The van der Waals surface area contributed by atoms with E-state index in [9.17, 15) is 0 Å². The van der Waals surface area contributed by atoms with E-state index in [1.54, 1.807) is 0 Å². The van der Waals surface area contributed by atoms with Gasteiger partial charge in [-0.1, -0.05) is 35.8 Å². The summed E-state index contributed by atoms with van der Waals surface area (Å²) in [7, 11) is 0. The molecule has 0 heterocycles. The van der Waals surface area contributed by atoms with Crippen molar-refractivity contribution in [1.29, 1.82) is 0 Å². The van der Waals surface area contributed by atoms with Gasteiger partial charge in [-0.15, -0.1) is 0 Å². The predicted octanol–water partition coefficient (Wildman–Crippen LogP) is 4.37. The number of halogens is 1. The second kappa shape index (κ2) is 6.07. The molecular weight excluding hydrogens is 290 g/mol. The second-order valence-corrected chi connectivity index (χ2v) is 6.61. The number of nitrogens with two attached hydrogens (primary N) is 1. The van der Waals surface area contributed by atoms with E-state index in [4.69, 9.17) is 10.5 Å². The molecule has 100 valence electrons. The molecule has 0 bridgehead atoms. The zero-order valence-electron chi connectivity index (χ0n) is 11.2. The van der Waals surface area contributed by atoms with Crippen LogP contribution in [-0.4, -0.2) is 6.10 Å². The molecule has 1 aliphatic carbocycles. The van der Waals surface area contributed by atoms with Crippen molar-refractivity contribution >= 4 is 21.6 Å². The Morgan fingerprint density at radius 3 is 2.50 bits per heavy atom. The monoisotopic (exact) mass is 311 g/mol. The van der Waals surface area contributed by atoms with E-state index < -0.39 is 0 Å². The van der Waals surface area contributed by atoms with E-state index in [1.807, 2.05) is 18.2 Å². The molecule has 2 rings (SSSR count). The van der Waals surface area contributed by atoms with Gasteiger partial charge in [0.25, 0.3) is 0 Å². The lowest BCUT2D eigenvalue weighted by molar-refractivity contribution is -0.00892. The van der Waals surface area contributed by atoms with Gasteiger partial charge in [0.2, 0.25) is 0 Å². The molecule has 1 aromatic carbocycles. The molecule has 0 spiro atoms. The minimum atomic E-state index is 0.395. The van der Waals surface area contributed by atoms with Crippen LogP contribution in [-0.2, 0) is 11.3 Å². The quantitative estimate of drug-likeness (QED) is 0.841. The summed E-state index contributed by atoms with van der Waals surface area (Å²) in [4.78, 5) is 0. The maximum absolute atomic E-state index is 6.04. The van der Waals surface area contributed by atoms with Gasteiger partial charge in [0.15, 0.2) is 0 Å². The second-order valence-electron chi connectivity index (χ2n) is 5.69. The lowest BCUT2D eigenvalue weighted by Gasteiger charge is -2.31. The lowest BCUT2D eigenvalue weighted by Crippen LogP contribution is -2.26. The third-order valence-electron chi connectivity index (χ3n) is 3.72. The van der Waals surface area contributed by atoms with Crippen molar-refractivity contribution in [2.24, 2.45) is 11.8 Å². The zero-order chi connectivity index (χ0) is 13.1. The van der Waals surface area contributed by atoms with Crippen molar-refractivity contribution in [3.05, 3.63) is 28.2 Å². The van der Waals surface area contributed by atoms with E-state index in [0.717, 1.165) is 27.6 Å². The third-order valence-corrected chi connectivity index (χ3v) is 4.21. The number of benzene rings is 1. The van der Waals surface area contributed by atoms with E-state index in [-0.39, 0.29) is 0 Å². The number of rotatable bonds is 3. The highest BCUT2D eigenvalue weighted by molar-refractivity contribution is 9.10. The average Bonchev–Trinajstić information content (AvgIpc) is 2.26. The van der Waals surface area contributed by atoms with Crippen LogP contribution in [0.4, 0.5) is 5.69 Å². The van der Waals surface area contributed by atoms with Crippen molar-refractivity contribution in [3.63, 3.8) is 0 Å². The summed E-state index contributed by atoms with van der Waals surface area (Å²) in [6, 6.07) is 5.99. The highest BCUT2D eigenvalue weighted by Gasteiger charge is 2.24. The van der Waals surface area contributed by atoms with Gasteiger partial charge in [0.1, 0.15) is 0 Å². The summed E-state index contributed by atoms with van der Waals surface area (Å²) in [5.74, 6) is 1.56. The number of hydrogen-bond acceptors (Lipinski definition) is 2. The summed E-state index contributed by atoms with van der Waals surface area (Å²) in [5, 5.41) is 0. The van der Waals surface area contributed by atoms with Crippen LogP contribution in [0.15, 0.2) is 22.7 Å². The summed E-state index contributed by atoms with van der Waals surface area (Å²) in [5.41, 5.74) is 7.88. The van der Waals surface area contributed by atoms with Crippen LogP contribution in [0.1, 0.15) is 38.7 Å². The molecule has 0 saturated heterocycles. The Bertz CT molecular complexity index is 397. The first-order chi connectivity index (χ1) is 8.54. The Balaban J connectivity index is 1.91. The van der Waals surface area contributed by atoms with Gasteiger partial charge in [-0.05, 0) is 43.2 Å². The molecule has 2 N–H and O–H groups in total. The van der Waals surface area contributed by atoms with Gasteiger partial charge in [0, 0.05) is 15.7 Å². The molecule has 3 heteroatoms. The molecule has 0 aliphatic heterocycles. The first kappa shape index (κ1) is 13.9. The largest absolute Gasteiger partial charge is 0.398 e.